The van der Waals surface area contributed by atoms with Crippen LogP contribution in [0.2, 0.25) is 0 Å². The summed E-state index contributed by atoms with van der Waals surface area (Å²) in [6.07, 6.45) is 0.463. The van der Waals surface area contributed by atoms with Crippen molar-refractivity contribution in [3.05, 3.63) is 11.9 Å². The number of carbonyl (C=O) groups is 2. The Morgan fingerprint density at radius 3 is 2.19 bits per heavy atom. The molecule has 1 aliphatic rings. The monoisotopic (exact) mass is 365 g/mol. The topological polar surface area (TPSA) is 111 Å². The van der Waals surface area contributed by atoms with Gasteiger partial charge < -0.3 is 20.1 Å². The van der Waals surface area contributed by atoms with Crippen LogP contribution in [0.15, 0.2) is 6.20 Å². The van der Waals surface area contributed by atoms with Crippen molar-refractivity contribution in [2.24, 2.45) is 0 Å². The maximum Gasteiger partial charge on any atom is 0.414 e. The zero-order valence-corrected chi connectivity index (χ0v) is 16.2. The average molecular weight is 365 g/mol. The highest BCUT2D eigenvalue weighted by molar-refractivity contribution is 5.89. The van der Waals surface area contributed by atoms with Gasteiger partial charge in [-0.15, -0.1) is 0 Å². The first-order chi connectivity index (χ1) is 11.9. The molecule has 2 heterocycles. The molecule has 144 valence electrons. The first-order valence-electron chi connectivity index (χ1n) is 8.45. The quantitative estimate of drug-likeness (QED) is 0.752. The van der Waals surface area contributed by atoms with Gasteiger partial charge in [0.2, 0.25) is 5.95 Å². The molecule has 0 aliphatic carbocycles. The van der Waals surface area contributed by atoms with Crippen molar-refractivity contribution in [1.82, 2.24) is 14.9 Å². The van der Waals surface area contributed by atoms with E-state index in [4.69, 9.17) is 15.2 Å². The number of nitrogens with zero attached hydrogens (tertiary/aromatic N) is 4. The molecular formula is C17H27N5O4. The summed E-state index contributed by atoms with van der Waals surface area (Å²) in [5.41, 5.74) is 5.35. The molecule has 1 aromatic heterocycles. The lowest BCUT2D eigenvalue weighted by Crippen LogP contribution is -2.42. The maximum atomic E-state index is 12.6. The van der Waals surface area contributed by atoms with Crippen LogP contribution < -0.4 is 10.6 Å². The molecule has 0 aromatic carbocycles. The van der Waals surface area contributed by atoms with Gasteiger partial charge in [-0.1, -0.05) is 0 Å². The summed E-state index contributed by atoms with van der Waals surface area (Å²) >= 11 is 0. The Kier molecular flexibility index (Phi) is 5.29. The van der Waals surface area contributed by atoms with E-state index in [1.807, 2.05) is 0 Å². The lowest BCUT2D eigenvalue weighted by atomic mass is 10.2. The van der Waals surface area contributed by atoms with Gasteiger partial charge in [0, 0.05) is 13.1 Å². The number of hydrogen-bond donors (Lipinski definition) is 1. The number of carbonyl (C=O) groups excluding carboxylic acids is 2. The zero-order chi connectivity index (χ0) is 19.7. The predicted octanol–water partition coefficient (Wildman–Crippen LogP) is 2.55. The molecule has 0 spiro atoms. The molecule has 0 radical (unpaired) electrons. The number of aromatic nitrogens is 2. The third kappa shape index (κ3) is 5.21. The number of hydrogen-bond acceptors (Lipinski definition) is 7. The van der Waals surface area contributed by atoms with Crippen LogP contribution in [0.1, 0.15) is 47.2 Å². The number of nitrogens with two attached hydrogens (primary N) is 1. The van der Waals surface area contributed by atoms with Crippen LogP contribution in [-0.4, -0.2) is 51.3 Å². The first-order valence-corrected chi connectivity index (χ1v) is 8.45. The second-order valence-corrected chi connectivity index (χ2v) is 8.09. The third-order valence-corrected chi connectivity index (χ3v) is 3.35. The zero-order valence-electron chi connectivity index (χ0n) is 16.2. The summed E-state index contributed by atoms with van der Waals surface area (Å²) in [6, 6.07) is 0. The summed E-state index contributed by atoms with van der Waals surface area (Å²) in [5, 5.41) is 0. The van der Waals surface area contributed by atoms with E-state index in [9.17, 15) is 9.59 Å². The van der Waals surface area contributed by atoms with Crippen molar-refractivity contribution in [3.63, 3.8) is 0 Å². The second-order valence-electron chi connectivity index (χ2n) is 8.09. The highest BCUT2D eigenvalue weighted by Gasteiger charge is 2.32. The van der Waals surface area contributed by atoms with Crippen molar-refractivity contribution >= 4 is 23.8 Å². The van der Waals surface area contributed by atoms with Gasteiger partial charge in [0.25, 0.3) is 0 Å². The van der Waals surface area contributed by atoms with E-state index >= 15 is 0 Å². The number of anilines is 2. The molecule has 2 rings (SSSR count). The Morgan fingerprint density at radius 2 is 1.62 bits per heavy atom. The van der Waals surface area contributed by atoms with E-state index < -0.39 is 23.4 Å². The SMILES string of the molecule is CC(C)(C)OC(=O)N1CCN(C(=O)OC(C)(C)C)c2cnc(N)nc2C1. The normalized spacial score (nSPS) is 15.2. The molecule has 9 heteroatoms. The lowest BCUT2D eigenvalue weighted by molar-refractivity contribution is 0.0236. The Hall–Kier alpha value is -2.58. The van der Waals surface area contributed by atoms with E-state index in [2.05, 4.69) is 9.97 Å². The van der Waals surface area contributed by atoms with E-state index in [-0.39, 0.29) is 25.6 Å². The van der Waals surface area contributed by atoms with Crippen LogP contribution in [0.5, 0.6) is 0 Å². The lowest BCUT2D eigenvalue weighted by Gasteiger charge is -2.27. The van der Waals surface area contributed by atoms with Gasteiger partial charge in [0.05, 0.1) is 24.1 Å². The summed E-state index contributed by atoms with van der Waals surface area (Å²) < 4.78 is 10.9. The van der Waals surface area contributed by atoms with Crippen LogP contribution in [0, 0.1) is 0 Å². The number of nitrogen functional groups attached to an aromatic ring is 1. The Bertz CT molecular complexity index is 693. The average Bonchev–Trinajstić information content (AvgIpc) is 2.62. The van der Waals surface area contributed by atoms with Crippen LogP contribution in [0.25, 0.3) is 0 Å². The van der Waals surface area contributed by atoms with Crippen LogP contribution in [-0.2, 0) is 16.0 Å². The third-order valence-electron chi connectivity index (χ3n) is 3.35. The highest BCUT2D eigenvalue weighted by atomic mass is 16.6. The van der Waals surface area contributed by atoms with Gasteiger partial charge in [-0.25, -0.2) is 19.6 Å². The van der Waals surface area contributed by atoms with Crippen molar-refractivity contribution in [2.45, 2.75) is 59.3 Å². The minimum absolute atomic E-state index is 0.0685. The summed E-state index contributed by atoms with van der Waals surface area (Å²) in [7, 11) is 0. The summed E-state index contributed by atoms with van der Waals surface area (Å²) in [4.78, 5) is 36.1. The smallest absolute Gasteiger partial charge is 0.414 e. The van der Waals surface area contributed by atoms with Gasteiger partial charge in [-0.2, -0.15) is 0 Å². The molecule has 0 atom stereocenters. The van der Waals surface area contributed by atoms with Gasteiger partial charge in [-0.3, -0.25) is 4.90 Å². The van der Waals surface area contributed by atoms with Gasteiger partial charge >= 0.3 is 12.2 Å². The summed E-state index contributed by atoms with van der Waals surface area (Å²) in [5.74, 6) is 0.0685. The van der Waals surface area contributed by atoms with Gasteiger partial charge in [0.1, 0.15) is 11.2 Å². The predicted molar refractivity (Wildman–Crippen MR) is 96.7 cm³/mol. The van der Waals surface area contributed by atoms with Crippen LogP contribution in [0.3, 0.4) is 0 Å². The second kappa shape index (κ2) is 6.97. The largest absolute Gasteiger partial charge is 0.444 e. The summed E-state index contributed by atoms with van der Waals surface area (Å²) in [6.45, 7) is 11.4. The Morgan fingerprint density at radius 1 is 1.04 bits per heavy atom. The number of fused-ring (bicyclic) bond motifs is 1. The fourth-order valence-electron chi connectivity index (χ4n) is 2.36. The van der Waals surface area contributed by atoms with Crippen molar-refractivity contribution in [2.75, 3.05) is 23.7 Å². The van der Waals surface area contributed by atoms with Crippen LogP contribution >= 0.6 is 0 Å². The van der Waals surface area contributed by atoms with E-state index in [1.54, 1.807) is 41.5 Å². The molecule has 0 unspecified atom stereocenters. The van der Waals surface area contributed by atoms with E-state index in [1.165, 1.54) is 16.0 Å². The molecule has 0 fully saturated rings. The number of rotatable bonds is 0. The highest BCUT2D eigenvalue weighted by Crippen LogP contribution is 2.26. The molecule has 1 aliphatic heterocycles. The molecule has 0 saturated heterocycles. The first kappa shape index (κ1) is 19.7. The van der Waals surface area contributed by atoms with Crippen molar-refractivity contribution in [3.8, 4) is 0 Å². The number of amides is 2. The molecule has 1 aromatic rings. The maximum absolute atomic E-state index is 12.6. The molecule has 0 bridgehead atoms. The minimum Gasteiger partial charge on any atom is -0.444 e. The molecule has 2 amide bonds. The Labute approximate surface area is 153 Å². The van der Waals surface area contributed by atoms with Crippen LogP contribution in [0.4, 0.5) is 21.2 Å². The molecule has 2 N–H and O–H groups in total. The Balaban J connectivity index is 2.31. The number of ether oxygens (including phenoxy) is 2. The van der Waals surface area contributed by atoms with E-state index in [0.717, 1.165) is 0 Å². The van der Waals surface area contributed by atoms with Gasteiger partial charge in [-0.05, 0) is 41.5 Å². The standard InChI is InChI=1S/C17H27N5O4/c1-16(2,3)25-14(23)21-7-8-22(15(24)26-17(4,5)6)12-9-19-13(18)20-11(12)10-21/h9H,7-8,10H2,1-6H3,(H2,18,19,20). The van der Waals surface area contributed by atoms with E-state index in [0.29, 0.717) is 11.4 Å². The fraction of sp³-hybridized carbons (Fsp3) is 0.647. The van der Waals surface area contributed by atoms with Crippen molar-refractivity contribution < 1.29 is 19.1 Å². The molecule has 9 nitrogen and oxygen atoms in total. The van der Waals surface area contributed by atoms with Gasteiger partial charge in [0.15, 0.2) is 0 Å². The minimum atomic E-state index is -0.650. The fourth-order valence-corrected chi connectivity index (χ4v) is 2.36. The molecule has 26 heavy (non-hydrogen) atoms. The molecule has 0 saturated carbocycles. The van der Waals surface area contributed by atoms with Crippen molar-refractivity contribution in [1.29, 1.82) is 0 Å². The molecular weight excluding hydrogens is 338 g/mol.